The molecule has 0 spiro atoms. The maximum Gasteiger partial charge on any atom is 0.460 e. The summed E-state index contributed by atoms with van der Waals surface area (Å²) >= 11 is 0. The predicted molar refractivity (Wildman–Crippen MR) is 142 cm³/mol. The summed E-state index contributed by atoms with van der Waals surface area (Å²) in [6.07, 6.45) is -1.14. The molecule has 0 aliphatic rings. The number of hydrogen-bond acceptors (Lipinski definition) is 2. The molecule has 0 bridgehead atoms. The number of ether oxygens (including phenoxy) is 2. The molecule has 41 heavy (non-hydrogen) atoms. The van der Waals surface area contributed by atoms with Crippen LogP contribution in [-0.2, 0) is 11.3 Å². The maximum atomic E-state index is 13.6. The van der Waals surface area contributed by atoms with Crippen molar-refractivity contribution in [1.82, 2.24) is 0 Å². The Morgan fingerprint density at radius 2 is 1.22 bits per heavy atom. The van der Waals surface area contributed by atoms with E-state index in [0.717, 1.165) is 24.3 Å². The molecule has 0 heterocycles. The van der Waals surface area contributed by atoms with Crippen molar-refractivity contribution in [2.45, 2.75) is 129 Å². The maximum absolute atomic E-state index is 13.6. The van der Waals surface area contributed by atoms with Crippen LogP contribution in [0.2, 0.25) is 0 Å². The number of hydrogen-bond donors (Lipinski definition) is 0. The zero-order chi connectivity index (χ0) is 31.5. The van der Waals surface area contributed by atoms with Gasteiger partial charge in [-0.05, 0) is 55.2 Å². The molecule has 0 saturated carbocycles. The summed E-state index contributed by atoms with van der Waals surface area (Å²) in [5, 5.41) is 0. The lowest BCUT2D eigenvalue weighted by Gasteiger charge is -2.33. The summed E-state index contributed by atoms with van der Waals surface area (Å²) in [5.74, 6) is -17.0. The summed E-state index contributed by atoms with van der Waals surface area (Å²) in [6.45, 7) is 10.7. The van der Waals surface area contributed by atoms with Gasteiger partial charge in [-0.3, -0.25) is 0 Å². The third-order valence-corrected chi connectivity index (χ3v) is 7.80. The van der Waals surface area contributed by atoms with E-state index in [1.165, 1.54) is 44.2 Å². The van der Waals surface area contributed by atoms with E-state index in [2.05, 4.69) is 27.7 Å². The number of benzene rings is 1. The summed E-state index contributed by atoms with van der Waals surface area (Å²) < 4.78 is 127. The fourth-order valence-electron chi connectivity index (χ4n) is 4.31. The Morgan fingerprint density at radius 3 is 1.76 bits per heavy atom. The Kier molecular flexibility index (Phi) is 14.8. The van der Waals surface area contributed by atoms with E-state index in [1.807, 2.05) is 6.92 Å². The SMILES string of the molecule is CC[C@@H](C)CCC[C@H](C)CCC[C@H](C)[C@H](C)OCc1ccc(OCCCC(F)(F)C(F)(F)C(F)(F)C(F)(F)F)cc1. The Hall–Kier alpha value is -1.65. The topological polar surface area (TPSA) is 18.5 Å². The van der Waals surface area contributed by atoms with E-state index in [9.17, 15) is 39.5 Å². The standard InChI is InChI=1S/C30H45F9O2/c1-6-21(2)10-7-11-22(3)12-8-13-23(4)24(5)41-20-25-14-16-26(17-15-25)40-19-9-18-27(31,32)28(33,34)29(35,36)30(37,38)39/h14-17,21-24H,6-13,18-20H2,1-5H3/t21-,22+,23+,24+/m1/s1. The lowest BCUT2D eigenvalue weighted by atomic mass is 9.91. The fraction of sp³-hybridized carbons (Fsp3) is 0.800. The largest absolute Gasteiger partial charge is 0.494 e. The molecule has 4 atom stereocenters. The zero-order valence-electron chi connectivity index (χ0n) is 24.6. The van der Waals surface area contributed by atoms with E-state index in [-0.39, 0.29) is 11.9 Å². The molecule has 0 N–H and O–H groups in total. The minimum absolute atomic E-state index is 0.0242. The molecule has 0 saturated heterocycles. The lowest BCUT2D eigenvalue weighted by Crippen LogP contribution is -2.60. The molecule has 1 aromatic carbocycles. The van der Waals surface area contributed by atoms with Crippen LogP contribution < -0.4 is 4.74 Å². The van der Waals surface area contributed by atoms with Crippen LogP contribution in [0.3, 0.4) is 0 Å². The van der Waals surface area contributed by atoms with Gasteiger partial charge in [-0.1, -0.05) is 78.4 Å². The highest BCUT2D eigenvalue weighted by Gasteiger charge is 2.81. The van der Waals surface area contributed by atoms with Crippen molar-refractivity contribution in [3.8, 4) is 5.75 Å². The molecular weight excluding hydrogens is 563 g/mol. The van der Waals surface area contributed by atoms with Crippen molar-refractivity contribution in [1.29, 1.82) is 0 Å². The van der Waals surface area contributed by atoms with E-state index < -0.39 is 43.4 Å². The van der Waals surface area contributed by atoms with E-state index in [4.69, 9.17) is 9.47 Å². The first-order chi connectivity index (χ1) is 18.9. The second-order valence-electron chi connectivity index (χ2n) is 11.4. The Morgan fingerprint density at radius 1 is 0.683 bits per heavy atom. The number of alkyl halides is 9. The summed E-state index contributed by atoms with van der Waals surface area (Å²) in [6, 6.07) is 6.33. The molecule has 1 aromatic rings. The molecule has 0 unspecified atom stereocenters. The van der Waals surface area contributed by atoms with Crippen LogP contribution in [0.15, 0.2) is 24.3 Å². The molecule has 2 nitrogen and oxygen atoms in total. The van der Waals surface area contributed by atoms with Crippen molar-refractivity contribution in [3.05, 3.63) is 29.8 Å². The molecule has 0 aliphatic heterocycles. The summed E-state index contributed by atoms with van der Waals surface area (Å²) in [4.78, 5) is 0. The van der Waals surface area contributed by atoms with Gasteiger partial charge in [0, 0.05) is 6.42 Å². The van der Waals surface area contributed by atoms with Gasteiger partial charge in [-0.25, -0.2) is 0 Å². The third kappa shape index (κ3) is 11.5. The number of halogens is 9. The van der Waals surface area contributed by atoms with Gasteiger partial charge in [0.05, 0.1) is 19.3 Å². The normalized spacial score (nSPS) is 16.3. The zero-order valence-corrected chi connectivity index (χ0v) is 24.6. The van der Waals surface area contributed by atoms with Crippen LogP contribution in [0.5, 0.6) is 5.75 Å². The average molecular weight is 609 g/mol. The molecule has 1 rings (SSSR count). The molecule has 240 valence electrons. The Bertz CT molecular complexity index is 857. The van der Waals surface area contributed by atoms with Gasteiger partial charge in [0.15, 0.2) is 0 Å². The predicted octanol–water partition coefficient (Wildman–Crippen LogP) is 10.9. The van der Waals surface area contributed by atoms with Crippen LogP contribution in [0.25, 0.3) is 0 Å². The van der Waals surface area contributed by atoms with E-state index in [1.54, 1.807) is 12.1 Å². The Labute approximate surface area is 238 Å². The highest BCUT2D eigenvalue weighted by atomic mass is 19.4. The van der Waals surface area contributed by atoms with Gasteiger partial charge < -0.3 is 9.47 Å². The monoisotopic (exact) mass is 608 g/mol. The van der Waals surface area contributed by atoms with E-state index >= 15 is 0 Å². The first-order valence-electron chi connectivity index (χ1n) is 14.4. The van der Waals surface area contributed by atoms with Gasteiger partial charge >= 0.3 is 23.9 Å². The molecular formula is C30H45F9O2. The smallest absolute Gasteiger partial charge is 0.460 e. The van der Waals surface area contributed by atoms with Crippen LogP contribution >= 0.6 is 0 Å². The summed E-state index contributed by atoms with van der Waals surface area (Å²) in [7, 11) is 0. The first-order valence-corrected chi connectivity index (χ1v) is 14.4. The van der Waals surface area contributed by atoms with Crippen LogP contribution in [-0.4, -0.2) is 36.7 Å². The van der Waals surface area contributed by atoms with Crippen molar-refractivity contribution in [2.75, 3.05) is 6.61 Å². The highest BCUT2D eigenvalue weighted by Crippen LogP contribution is 2.54. The van der Waals surface area contributed by atoms with Crippen molar-refractivity contribution in [3.63, 3.8) is 0 Å². The van der Waals surface area contributed by atoms with Crippen molar-refractivity contribution >= 4 is 0 Å². The van der Waals surface area contributed by atoms with Crippen LogP contribution in [0, 0.1) is 17.8 Å². The van der Waals surface area contributed by atoms with Crippen LogP contribution in [0.1, 0.15) is 98.0 Å². The summed E-state index contributed by atoms with van der Waals surface area (Å²) in [5.41, 5.74) is 0.812. The highest BCUT2D eigenvalue weighted by molar-refractivity contribution is 5.26. The minimum Gasteiger partial charge on any atom is -0.494 e. The number of rotatable bonds is 20. The quantitative estimate of drug-likeness (QED) is 0.108. The molecule has 0 amide bonds. The molecule has 0 aliphatic carbocycles. The fourth-order valence-corrected chi connectivity index (χ4v) is 4.31. The van der Waals surface area contributed by atoms with E-state index in [0.29, 0.717) is 18.4 Å². The molecule has 0 radical (unpaired) electrons. The van der Waals surface area contributed by atoms with Crippen LogP contribution in [0.4, 0.5) is 39.5 Å². The molecule has 0 aromatic heterocycles. The van der Waals surface area contributed by atoms with Crippen molar-refractivity contribution in [2.24, 2.45) is 17.8 Å². The van der Waals surface area contributed by atoms with Gasteiger partial charge in [0.25, 0.3) is 0 Å². The van der Waals surface area contributed by atoms with Gasteiger partial charge in [0.1, 0.15) is 5.75 Å². The second-order valence-corrected chi connectivity index (χ2v) is 11.4. The molecule has 0 fully saturated rings. The van der Waals surface area contributed by atoms with Gasteiger partial charge in [-0.15, -0.1) is 0 Å². The average Bonchev–Trinajstić information content (AvgIpc) is 2.89. The minimum atomic E-state index is -6.87. The van der Waals surface area contributed by atoms with Gasteiger partial charge in [0.2, 0.25) is 0 Å². The Balaban J connectivity index is 2.38. The first kappa shape index (κ1) is 37.4. The second kappa shape index (κ2) is 16.3. The lowest BCUT2D eigenvalue weighted by molar-refractivity contribution is -0.396. The van der Waals surface area contributed by atoms with Crippen molar-refractivity contribution < 1.29 is 49.0 Å². The van der Waals surface area contributed by atoms with Gasteiger partial charge in [-0.2, -0.15) is 39.5 Å². The molecule has 11 heteroatoms. The third-order valence-electron chi connectivity index (χ3n) is 7.80.